The van der Waals surface area contributed by atoms with Crippen LogP contribution in [-0.2, 0) is 9.53 Å². The summed E-state index contributed by atoms with van der Waals surface area (Å²) in [7, 11) is 0. The highest BCUT2D eigenvalue weighted by atomic mass is 16.6. The fourth-order valence-electron chi connectivity index (χ4n) is 1.71. The summed E-state index contributed by atoms with van der Waals surface area (Å²) in [6, 6.07) is 0. The fraction of sp³-hybridized carbons (Fsp3) is 0.889. The van der Waals surface area contributed by atoms with Crippen LogP contribution in [0.25, 0.3) is 0 Å². The average Bonchev–Trinajstić information content (AvgIpc) is 2.66. The van der Waals surface area contributed by atoms with Crippen LogP contribution in [0.15, 0.2) is 0 Å². The SMILES string of the molecule is CCCC1OC1(CCC)C(N)=O. The largest absolute Gasteiger partial charge is 0.367 e. The van der Waals surface area contributed by atoms with Crippen molar-refractivity contribution in [3.05, 3.63) is 0 Å². The van der Waals surface area contributed by atoms with Crippen molar-refractivity contribution in [3.63, 3.8) is 0 Å². The predicted octanol–water partition coefficient (Wildman–Crippen LogP) is 1.21. The first kappa shape index (κ1) is 9.52. The van der Waals surface area contributed by atoms with Gasteiger partial charge in [0, 0.05) is 0 Å². The molecule has 0 radical (unpaired) electrons. The highest BCUT2D eigenvalue weighted by Crippen LogP contribution is 2.42. The number of epoxide rings is 1. The molecule has 2 N–H and O–H groups in total. The summed E-state index contributed by atoms with van der Waals surface area (Å²) < 4.78 is 5.37. The zero-order valence-electron chi connectivity index (χ0n) is 7.80. The maximum Gasteiger partial charge on any atom is 0.252 e. The van der Waals surface area contributed by atoms with Crippen molar-refractivity contribution >= 4 is 5.91 Å². The second-order valence-corrected chi connectivity index (χ2v) is 3.40. The van der Waals surface area contributed by atoms with Crippen LogP contribution in [0.4, 0.5) is 0 Å². The number of carbonyl (C=O) groups is 1. The van der Waals surface area contributed by atoms with E-state index in [9.17, 15) is 4.79 Å². The van der Waals surface area contributed by atoms with Crippen LogP contribution < -0.4 is 5.73 Å². The standard InChI is InChI=1S/C9H17NO2/c1-3-5-7-9(12-7,6-4-2)8(10)11/h7H,3-6H2,1-2H3,(H2,10,11). The van der Waals surface area contributed by atoms with Gasteiger partial charge in [-0.05, 0) is 12.8 Å². The Morgan fingerprint density at radius 3 is 2.58 bits per heavy atom. The minimum absolute atomic E-state index is 0.0972. The molecular formula is C9H17NO2. The third kappa shape index (κ3) is 1.46. The molecule has 3 nitrogen and oxygen atoms in total. The smallest absolute Gasteiger partial charge is 0.252 e. The Morgan fingerprint density at radius 2 is 2.17 bits per heavy atom. The molecular weight excluding hydrogens is 154 g/mol. The summed E-state index contributed by atoms with van der Waals surface area (Å²) in [4.78, 5) is 11.1. The minimum atomic E-state index is -0.592. The number of ether oxygens (including phenoxy) is 1. The molecule has 3 heteroatoms. The maximum atomic E-state index is 11.1. The summed E-state index contributed by atoms with van der Waals surface area (Å²) in [6.07, 6.45) is 3.81. The zero-order valence-corrected chi connectivity index (χ0v) is 7.80. The van der Waals surface area contributed by atoms with E-state index in [0.29, 0.717) is 0 Å². The van der Waals surface area contributed by atoms with E-state index in [2.05, 4.69) is 6.92 Å². The molecule has 0 spiro atoms. The van der Waals surface area contributed by atoms with Crippen LogP contribution in [-0.4, -0.2) is 17.6 Å². The second kappa shape index (κ2) is 3.44. The lowest BCUT2D eigenvalue weighted by atomic mass is 9.96. The Bertz CT molecular complexity index is 181. The molecule has 1 amide bonds. The van der Waals surface area contributed by atoms with Gasteiger partial charge >= 0.3 is 0 Å². The van der Waals surface area contributed by atoms with Crippen molar-refractivity contribution in [1.82, 2.24) is 0 Å². The molecule has 0 saturated carbocycles. The van der Waals surface area contributed by atoms with Crippen LogP contribution in [0.2, 0.25) is 0 Å². The summed E-state index contributed by atoms with van der Waals surface area (Å²) in [5.74, 6) is -0.289. The lowest BCUT2D eigenvalue weighted by Gasteiger charge is -2.05. The van der Waals surface area contributed by atoms with E-state index in [-0.39, 0.29) is 12.0 Å². The van der Waals surface area contributed by atoms with Gasteiger partial charge in [0.2, 0.25) is 0 Å². The molecule has 70 valence electrons. The molecule has 1 rings (SSSR count). The summed E-state index contributed by atoms with van der Waals surface area (Å²) >= 11 is 0. The summed E-state index contributed by atoms with van der Waals surface area (Å²) in [5, 5.41) is 0. The molecule has 1 aliphatic rings. The number of primary amides is 1. The molecule has 2 unspecified atom stereocenters. The molecule has 1 saturated heterocycles. The number of nitrogens with two attached hydrogens (primary N) is 1. The molecule has 0 aromatic carbocycles. The number of hydrogen-bond acceptors (Lipinski definition) is 2. The Hall–Kier alpha value is -0.570. The van der Waals surface area contributed by atoms with Gasteiger partial charge in [-0.25, -0.2) is 0 Å². The van der Waals surface area contributed by atoms with Crippen LogP contribution in [0.5, 0.6) is 0 Å². The molecule has 0 aliphatic carbocycles. The van der Waals surface area contributed by atoms with Gasteiger partial charge in [0.15, 0.2) is 5.60 Å². The van der Waals surface area contributed by atoms with Crippen LogP contribution >= 0.6 is 0 Å². The summed E-state index contributed by atoms with van der Waals surface area (Å²) in [6.45, 7) is 4.12. The molecule has 2 atom stereocenters. The normalized spacial score (nSPS) is 33.3. The van der Waals surface area contributed by atoms with Gasteiger partial charge in [0.25, 0.3) is 5.91 Å². The van der Waals surface area contributed by atoms with Crippen LogP contribution in [0, 0.1) is 0 Å². The monoisotopic (exact) mass is 171 g/mol. The third-order valence-electron chi connectivity index (χ3n) is 2.40. The first-order chi connectivity index (χ1) is 5.67. The Balaban J connectivity index is 2.50. The van der Waals surface area contributed by atoms with Gasteiger partial charge < -0.3 is 10.5 Å². The number of amides is 1. The quantitative estimate of drug-likeness (QED) is 0.632. The fourth-order valence-corrected chi connectivity index (χ4v) is 1.71. The lowest BCUT2D eigenvalue weighted by molar-refractivity contribution is -0.123. The molecule has 0 bridgehead atoms. The minimum Gasteiger partial charge on any atom is -0.367 e. The van der Waals surface area contributed by atoms with E-state index >= 15 is 0 Å². The highest BCUT2D eigenvalue weighted by Gasteiger charge is 2.59. The number of carbonyl (C=O) groups excluding carboxylic acids is 1. The Kier molecular flexibility index (Phi) is 2.73. The second-order valence-electron chi connectivity index (χ2n) is 3.40. The van der Waals surface area contributed by atoms with E-state index in [1.54, 1.807) is 0 Å². The van der Waals surface area contributed by atoms with E-state index < -0.39 is 5.60 Å². The van der Waals surface area contributed by atoms with E-state index in [0.717, 1.165) is 25.7 Å². The zero-order chi connectivity index (χ0) is 9.19. The topological polar surface area (TPSA) is 55.6 Å². The van der Waals surface area contributed by atoms with Gasteiger partial charge in [-0.2, -0.15) is 0 Å². The highest BCUT2D eigenvalue weighted by molar-refractivity contribution is 5.86. The van der Waals surface area contributed by atoms with E-state index in [1.807, 2.05) is 6.92 Å². The van der Waals surface area contributed by atoms with Crippen molar-refractivity contribution in [2.45, 2.75) is 51.2 Å². The van der Waals surface area contributed by atoms with Crippen molar-refractivity contribution in [1.29, 1.82) is 0 Å². The average molecular weight is 171 g/mol. The van der Waals surface area contributed by atoms with Gasteiger partial charge in [-0.3, -0.25) is 4.79 Å². The van der Waals surface area contributed by atoms with Crippen LogP contribution in [0.3, 0.4) is 0 Å². The predicted molar refractivity (Wildman–Crippen MR) is 46.6 cm³/mol. The lowest BCUT2D eigenvalue weighted by Crippen LogP contribution is -2.34. The first-order valence-corrected chi connectivity index (χ1v) is 4.65. The van der Waals surface area contributed by atoms with Crippen molar-refractivity contribution in [2.24, 2.45) is 5.73 Å². The maximum absolute atomic E-state index is 11.1. The van der Waals surface area contributed by atoms with Gasteiger partial charge in [0.05, 0.1) is 6.10 Å². The molecule has 0 aromatic rings. The molecule has 1 heterocycles. The number of rotatable bonds is 5. The van der Waals surface area contributed by atoms with Gasteiger partial charge in [-0.1, -0.05) is 26.7 Å². The molecule has 1 aliphatic heterocycles. The summed E-state index contributed by atoms with van der Waals surface area (Å²) in [5.41, 5.74) is 4.68. The van der Waals surface area contributed by atoms with Gasteiger partial charge in [0.1, 0.15) is 0 Å². The van der Waals surface area contributed by atoms with E-state index in [1.165, 1.54) is 0 Å². The van der Waals surface area contributed by atoms with Crippen molar-refractivity contribution in [2.75, 3.05) is 0 Å². The van der Waals surface area contributed by atoms with Crippen LogP contribution in [0.1, 0.15) is 39.5 Å². The van der Waals surface area contributed by atoms with E-state index in [4.69, 9.17) is 10.5 Å². The first-order valence-electron chi connectivity index (χ1n) is 4.65. The van der Waals surface area contributed by atoms with Crippen molar-refractivity contribution in [3.8, 4) is 0 Å². The molecule has 0 aromatic heterocycles. The van der Waals surface area contributed by atoms with Gasteiger partial charge in [-0.15, -0.1) is 0 Å². The molecule has 1 fully saturated rings. The Morgan fingerprint density at radius 1 is 1.50 bits per heavy atom. The molecule has 12 heavy (non-hydrogen) atoms. The third-order valence-corrected chi connectivity index (χ3v) is 2.40. The number of hydrogen-bond donors (Lipinski definition) is 1. The Labute approximate surface area is 73.3 Å². The van der Waals surface area contributed by atoms with Crippen molar-refractivity contribution < 1.29 is 9.53 Å².